The largest absolute Gasteiger partial charge is 0.475 e. The smallest absolute Gasteiger partial charge is 0.372 e. The predicted molar refractivity (Wildman–Crippen MR) is 46.5 cm³/mol. The van der Waals surface area contributed by atoms with E-state index in [0.29, 0.717) is 12.8 Å². The van der Waals surface area contributed by atoms with Gasteiger partial charge in [-0.25, -0.2) is 9.18 Å². The molecule has 3 atom stereocenters. The van der Waals surface area contributed by atoms with Crippen LogP contribution in [0, 0.1) is 11.8 Å². The second-order valence-electron chi connectivity index (χ2n) is 4.43. The van der Waals surface area contributed by atoms with Crippen molar-refractivity contribution in [2.24, 2.45) is 11.8 Å². The van der Waals surface area contributed by atoms with Gasteiger partial charge in [-0.3, -0.25) is 4.79 Å². The molecule has 0 radical (unpaired) electrons. The number of hydrogen-bond acceptors (Lipinski definition) is 2. The highest BCUT2D eigenvalue weighted by Crippen LogP contribution is 2.52. The number of rotatable bonds is 2. The summed E-state index contributed by atoms with van der Waals surface area (Å²) in [5, 5.41) is 8.52. The van der Waals surface area contributed by atoms with E-state index in [1.807, 2.05) is 0 Å². The fourth-order valence-electron chi connectivity index (χ4n) is 2.91. The van der Waals surface area contributed by atoms with E-state index in [9.17, 15) is 14.0 Å². The summed E-state index contributed by atoms with van der Waals surface area (Å²) >= 11 is 0. The Balaban J connectivity index is 2.08. The van der Waals surface area contributed by atoms with Crippen LogP contribution in [-0.4, -0.2) is 22.5 Å². The maximum Gasteiger partial charge on any atom is 0.372 e. The number of ketones is 1. The van der Waals surface area contributed by atoms with Crippen molar-refractivity contribution in [2.45, 2.75) is 37.8 Å². The van der Waals surface area contributed by atoms with Crippen molar-refractivity contribution < 1.29 is 19.1 Å². The van der Waals surface area contributed by atoms with Gasteiger partial charge in [0.25, 0.3) is 0 Å². The first-order chi connectivity index (χ1) is 6.53. The molecule has 2 aliphatic carbocycles. The van der Waals surface area contributed by atoms with Gasteiger partial charge < -0.3 is 5.11 Å². The number of carboxylic acids is 1. The molecule has 14 heavy (non-hydrogen) atoms. The second-order valence-corrected chi connectivity index (χ2v) is 4.43. The number of carboxylic acid groups (broad SMARTS) is 1. The lowest BCUT2D eigenvalue weighted by Crippen LogP contribution is -2.24. The van der Waals surface area contributed by atoms with Crippen LogP contribution in [0.15, 0.2) is 0 Å². The minimum Gasteiger partial charge on any atom is -0.475 e. The van der Waals surface area contributed by atoms with Gasteiger partial charge >= 0.3 is 5.97 Å². The van der Waals surface area contributed by atoms with E-state index >= 15 is 0 Å². The molecule has 2 rings (SSSR count). The summed E-state index contributed by atoms with van der Waals surface area (Å²) in [5.74, 6) is -2.88. The third-order valence-electron chi connectivity index (χ3n) is 3.61. The third kappa shape index (κ3) is 1.33. The predicted octanol–water partition coefficient (Wildman–Crippen LogP) is 1.56. The molecule has 4 heteroatoms. The zero-order valence-corrected chi connectivity index (χ0v) is 7.83. The molecule has 0 heterocycles. The number of hydrogen-bond donors (Lipinski definition) is 1. The van der Waals surface area contributed by atoms with Gasteiger partial charge in [0.2, 0.25) is 5.78 Å². The van der Waals surface area contributed by atoms with Gasteiger partial charge in [0.15, 0.2) is 0 Å². The monoisotopic (exact) mass is 200 g/mol. The Hall–Kier alpha value is -0.930. The van der Waals surface area contributed by atoms with Crippen molar-refractivity contribution in [3.63, 3.8) is 0 Å². The first-order valence-corrected chi connectivity index (χ1v) is 4.99. The number of alkyl halides is 1. The van der Waals surface area contributed by atoms with Crippen LogP contribution >= 0.6 is 0 Å². The van der Waals surface area contributed by atoms with Crippen LogP contribution in [0.1, 0.15) is 32.1 Å². The van der Waals surface area contributed by atoms with Crippen molar-refractivity contribution in [2.75, 3.05) is 0 Å². The Morgan fingerprint density at radius 2 is 2.14 bits per heavy atom. The van der Waals surface area contributed by atoms with Gasteiger partial charge in [-0.1, -0.05) is 0 Å². The molecule has 0 aromatic carbocycles. The van der Waals surface area contributed by atoms with E-state index in [0.717, 1.165) is 12.8 Å². The Bertz CT molecular complexity index is 289. The lowest BCUT2D eigenvalue weighted by Gasteiger charge is -2.17. The molecule has 2 aliphatic rings. The van der Waals surface area contributed by atoms with Crippen molar-refractivity contribution in [3.8, 4) is 0 Å². The Morgan fingerprint density at radius 3 is 2.71 bits per heavy atom. The van der Waals surface area contributed by atoms with Gasteiger partial charge in [-0.2, -0.15) is 0 Å². The zero-order chi connectivity index (χ0) is 10.3. The van der Waals surface area contributed by atoms with Crippen LogP contribution in [0.25, 0.3) is 0 Å². The molecule has 0 saturated heterocycles. The number of carbonyl (C=O) groups excluding carboxylic acids is 1. The standard InChI is InChI=1S/C10H13FO3/c11-10-3-1-2-7(10)4-6(5-10)8(12)9(13)14/h6-7H,1-5H2,(H,13,14). The lowest BCUT2D eigenvalue weighted by molar-refractivity contribution is -0.151. The molecule has 0 bridgehead atoms. The van der Waals surface area contributed by atoms with Gasteiger partial charge in [0.05, 0.1) is 0 Å². The van der Waals surface area contributed by atoms with Gasteiger partial charge in [-0.15, -0.1) is 0 Å². The highest BCUT2D eigenvalue weighted by atomic mass is 19.1. The number of aliphatic carboxylic acids is 1. The van der Waals surface area contributed by atoms with E-state index in [2.05, 4.69) is 0 Å². The Kier molecular flexibility index (Phi) is 2.09. The molecule has 0 aromatic heterocycles. The fourth-order valence-corrected chi connectivity index (χ4v) is 2.91. The number of fused-ring (bicyclic) bond motifs is 1. The van der Waals surface area contributed by atoms with E-state index in [4.69, 9.17) is 5.11 Å². The third-order valence-corrected chi connectivity index (χ3v) is 3.61. The summed E-state index contributed by atoms with van der Waals surface area (Å²) < 4.78 is 14.0. The van der Waals surface area contributed by atoms with Crippen molar-refractivity contribution in [1.82, 2.24) is 0 Å². The second kappa shape index (κ2) is 3.04. The van der Waals surface area contributed by atoms with Gasteiger partial charge in [0.1, 0.15) is 5.67 Å². The summed E-state index contributed by atoms with van der Waals surface area (Å²) in [6.07, 6.45) is 2.74. The Labute approximate surface area is 81.3 Å². The van der Waals surface area contributed by atoms with Crippen LogP contribution < -0.4 is 0 Å². The van der Waals surface area contributed by atoms with E-state index in [1.54, 1.807) is 0 Å². The summed E-state index contributed by atoms with van der Waals surface area (Å²) in [6, 6.07) is 0. The van der Waals surface area contributed by atoms with Gasteiger partial charge in [0, 0.05) is 5.92 Å². The number of Topliss-reactive ketones (excluding diaryl/α,β-unsaturated/α-hetero) is 1. The van der Waals surface area contributed by atoms with E-state index in [1.165, 1.54) is 0 Å². The summed E-state index contributed by atoms with van der Waals surface area (Å²) in [7, 11) is 0. The highest BCUT2D eigenvalue weighted by Gasteiger charge is 2.53. The minimum atomic E-state index is -1.42. The van der Waals surface area contributed by atoms with Crippen molar-refractivity contribution in [1.29, 1.82) is 0 Å². The molecular formula is C10H13FO3. The molecule has 78 valence electrons. The molecular weight excluding hydrogens is 187 g/mol. The molecule has 3 nitrogen and oxygen atoms in total. The highest BCUT2D eigenvalue weighted by molar-refractivity contribution is 6.33. The van der Waals surface area contributed by atoms with Crippen molar-refractivity contribution in [3.05, 3.63) is 0 Å². The van der Waals surface area contributed by atoms with Crippen molar-refractivity contribution >= 4 is 11.8 Å². The quantitative estimate of drug-likeness (QED) is 0.688. The van der Waals surface area contributed by atoms with Crippen LogP contribution in [-0.2, 0) is 9.59 Å². The molecule has 1 N–H and O–H groups in total. The SMILES string of the molecule is O=C(O)C(=O)C1CC2CCCC2(F)C1. The Morgan fingerprint density at radius 1 is 1.43 bits per heavy atom. The van der Waals surface area contributed by atoms with E-state index < -0.39 is 23.3 Å². The maximum absolute atomic E-state index is 14.0. The first-order valence-electron chi connectivity index (χ1n) is 4.99. The molecule has 3 unspecified atom stereocenters. The molecule has 0 amide bonds. The average molecular weight is 200 g/mol. The van der Waals surface area contributed by atoms with Crippen LogP contribution in [0.2, 0.25) is 0 Å². The lowest BCUT2D eigenvalue weighted by atomic mass is 9.97. The fraction of sp³-hybridized carbons (Fsp3) is 0.800. The average Bonchev–Trinajstić information content (AvgIpc) is 2.57. The molecule has 2 saturated carbocycles. The maximum atomic E-state index is 14.0. The number of halogens is 1. The summed E-state index contributed by atoms with van der Waals surface area (Å²) in [6.45, 7) is 0. The zero-order valence-electron chi connectivity index (χ0n) is 7.83. The molecule has 0 spiro atoms. The normalized spacial score (nSPS) is 40.9. The van der Waals surface area contributed by atoms with Crippen LogP contribution in [0.5, 0.6) is 0 Å². The first kappa shape index (κ1) is 9.62. The molecule has 0 aliphatic heterocycles. The topological polar surface area (TPSA) is 54.4 Å². The van der Waals surface area contributed by atoms with Crippen LogP contribution in [0.3, 0.4) is 0 Å². The minimum absolute atomic E-state index is 0.0733. The van der Waals surface area contributed by atoms with Gasteiger partial charge in [-0.05, 0) is 38.0 Å². The molecule has 0 aromatic rings. The summed E-state index contributed by atoms with van der Waals surface area (Å²) in [5.41, 5.74) is -1.24. The van der Waals surface area contributed by atoms with Crippen LogP contribution in [0.4, 0.5) is 4.39 Å². The van der Waals surface area contributed by atoms with E-state index in [-0.39, 0.29) is 12.3 Å². The molecule has 2 fully saturated rings. The number of carbonyl (C=O) groups is 2. The summed E-state index contributed by atoms with van der Waals surface area (Å²) in [4.78, 5) is 21.6.